The first-order valence-electron chi connectivity index (χ1n) is 9.73. The van der Waals surface area contributed by atoms with Crippen LogP contribution in [0.5, 0.6) is 0 Å². The number of carbonyl (C=O) groups is 1. The molecule has 138 valence electrons. The molecule has 4 rings (SSSR count). The Morgan fingerprint density at radius 3 is 2.73 bits per heavy atom. The van der Waals surface area contributed by atoms with E-state index in [1.165, 1.54) is 45.2 Å². The number of nitrogens with zero attached hydrogens (tertiary/aromatic N) is 3. The van der Waals surface area contributed by atoms with Gasteiger partial charge in [-0.3, -0.25) is 14.6 Å². The molecule has 0 radical (unpaired) electrons. The van der Waals surface area contributed by atoms with E-state index < -0.39 is 0 Å². The molecule has 1 amide bonds. The Bertz CT molecular complexity index is 745. The third-order valence-corrected chi connectivity index (χ3v) is 6.70. The van der Waals surface area contributed by atoms with Crippen LogP contribution in [0.25, 0.3) is 0 Å². The average Bonchev–Trinajstić information content (AvgIpc) is 3.10. The highest BCUT2D eigenvalue weighted by Gasteiger charge is 2.31. The van der Waals surface area contributed by atoms with Crippen LogP contribution in [0.15, 0.2) is 35.7 Å². The fraction of sp³-hybridized carbons (Fsp3) is 0.524. The zero-order chi connectivity index (χ0) is 17.9. The van der Waals surface area contributed by atoms with Crippen molar-refractivity contribution in [3.8, 4) is 0 Å². The first-order chi connectivity index (χ1) is 12.7. The number of rotatable bonds is 4. The van der Waals surface area contributed by atoms with Gasteiger partial charge in [-0.2, -0.15) is 0 Å². The van der Waals surface area contributed by atoms with Crippen LogP contribution < -0.4 is 4.90 Å². The number of hydrogen-bond acceptors (Lipinski definition) is 4. The molecule has 1 saturated carbocycles. The van der Waals surface area contributed by atoms with Crippen molar-refractivity contribution in [2.45, 2.75) is 45.6 Å². The van der Waals surface area contributed by atoms with Gasteiger partial charge in [0.05, 0.1) is 11.4 Å². The Kier molecular flexibility index (Phi) is 5.36. The summed E-state index contributed by atoms with van der Waals surface area (Å²) in [6.45, 7) is 4.90. The summed E-state index contributed by atoms with van der Waals surface area (Å²) < 4.78 is 0. The molecule has 0 unspecified atom stereocenters. The molecule has 1 aromatic heterocycles. The van der Waals surface area contributed by atoms with Crippen LogP contribution in [-0.2, 0) is 11.3 Å². The number of aromatic nitrogens is 1. The molecule has 5 heteroatoms. The molecular formula is C21H27N3OS. The molecule has 1 aromatic carbocycles. The Morgan fingerprint density at radius 2 is 1.96 bits per heavy atom. The SMILES string of the molecule is CC(=O)N(c1ccccc1)c1nc(CN2CC[C@H]3CCCC[C@@H]3C2)cs1. The van der Waals surface area contributed by atoms with E-state index in [0.29, 0.717) is 0 Å². The van der Waals surface area contributed by atoms with Gasteiger partial charge in [0, 0.05) is 25.4 Å². The lowest BCUT2D eigenvalue weighted by Crippen LogP contribution is -2.41. The van der Waals surface area contributed by atoms with Crippen molar-refractivity contribution in [2.75, 3.05) is 18.0 Å². The number of benzene rings is 1. The van der Waals surface area contributed by atoms with Crippen molar-refractivity contribution in [3.05, 3.63) is 41.4 Å². The minimum Gasteiger partial charge on any atom is -0.297 e. The van der Waals surface area contributed by atoms with Crippen molar-refractivity contribution in [3.63, 3.8) is 0 Å². The highest BCUT2D eigenvalue weighted by Crippen LogP contribution is 2.37. The summed E-state index contributed by atoms with van der Waals surface area (Å²) in [4.78, 5) is 21.2. The molecule has 1 aliphatic carbocycles. The average molecular weight is 370 g/mol. The molecule has 0 N–H and O–H groups in total. The summed E-state index contributed by atoms with van der Waals surface area (Å²) in [5.41, 5.74) is 1.96. The predicted octanol–water partition coefficient (Wildman–Crippen LogP) is 4.84. The zero-order valence-corrected chi connectivity index (χ0v) is 16.3. The molecule has 1 saturated heterocycles. The fourth-order valence-electron chi connectivity index (χ4n) is 4.52. The highest BCUT2D eigenvalue weighted by molar-refractivity contribution is 7.14. The number of thiazole rings is 1. The zero-order valence-electron chi connectivity index (χ0n) is 15.4. The summed E-state index contributed by atoms with van der Waals surface area (Å²) in [5, 5.41) is 2.88. The lowest BCUT2D eigenvalue weighted by Gasteiger charge is -2.41. The van der Waals surface area contributed by atoms with Crippen LogP contribution in [0.2, 0.25) is 0 Å². The van der Waals surface area contributed by atoms with Crippen LogP contribution in [0, 0.1) is 11.8 Å². The van der Waals surface area contributed by atoms with Crippen molar-refractivity contribution < 1.29 is 4.79 Å². The quantitative estimate of drug-likeness (QED) is 0.774. The monoisotopic (exact) mass is 369 g/mol. The van der Waals surface area contributed by atoms with E-state index in [0.717, 1.165) is 34.9 Å². The van der Waals surface area contributed by atoms with Crippen molar-refractivity contribution in [1.82, 2.24) is 9.88 Å². The topological polar surface area (TPSA) is 36.4 Å². The maximum atomic E-state index is 12.2. The van der Waals surface area contributed by atoms with Gasteiger partial charge in [-0.15, -0.1) is 11.3 Å². The summed E-state index contributed by atoms with van der Waals surface area (Å²) in [7, 11) is 0. The standard InChI is InChI=1S/C21H27N3OS/c1-16(25)24(20-9-3-2-4-10-20)21-22-19(15-26-21)14-23-12-11-17-7-5-6-8-18(17)13-23/h2-4,9-10,15,17-18H,5-8,11-14H2,1H3/t17-,18-/m1/s1. The molecule has 26 heavy (non-hydrogen) atoms. The number of anilines is 2. The number of para-hydroxylation sites is 1. The smallest absolute Gasteiger partial charge is 0.230 e. The van der Waals surface area contributed by atoms with Gasteiger partial charge in [-0.1, -0.05) is 37.5 Å². The lowest BCUT2D eigenvalue weighted by molar-refractivity contribution is -0.115. The maximum Gasteiger partial charge on any atom is 0.230 e. The first-order valence-corrected chi connectivity index (χ1v) is 10.6. The molecule has 0 spiro atoms. The van der Waals surface area contributed by atoms with Crippen LogP contribution in [-0.4, -0.2) is 28.9 Å². The largest absolute Gasteiger partial charge is 0.297 e. The molecule has 1 aliphatic heterocycles. The van der Waals surface area contributed by atoms with Gasteiger partial charge in [-0.05, 0) is 43.4 Å². The molecule has 2 aliphatic rings. The van der Waals surface area contributed by atoms with E-state index in [-0.39, 0.29) is 5.91 Å². The normalized spacial score (nSPS) is 23.4. The Morgan fingerprint density at radius 1 is 1.19 bits per heavy atom. The highest BCUT2D eigenvalue weighted by atomic mass is 32.1. The second kappa shape index (κ2) is 7.89. The molecule has 2 atom stereocenters. The fourth-order valence-corrected chi connectivity index (χ4v) is 5.40. The molecule has 4 nitrogen and oxygen atoms in total. The molecule has 2 heterocycles. The number of likely N-dealkylation sites (tertiary alicyclic amines) is 1. The van der Waals surface area contributed by atoms with Crippen LogP contribution in [0.4, 0.5) is 10.8 Å². The van der Waals surface area contributed by atoms with Crippen molar-refractivity contribution in [2.24, 2.45) is 11.8 Å². The lowest BCUT2D eigenvalue weighted by atomic mass is 9.75. The predicted molar refractivity (Wildman–Crippen MR) is 107 cm³/mol. The molecule has 2 fully saturated rings. The van der Waals surface area contributed by atoms with Gasteiger partial charge in [-0.25, -0.2) is 4.98 Å². The van der Waals surface area contributed by atoms with Gasteiger partial charge in [0.15, 0.2) is 5.13 Å². The number of carbonyl (C=O) groups excluding carboxylic acids is 1. The van der Waals surface area contributed by atoms with Gasteiger partial charge in [0.25, 0.3) is 0 Å². The second-order valence-electron chi connectivity index (χ2n) is 7.64. The van der Waals surface area contributed by atoms with E-state index >= 15 is 0 Å². The minimum absolute atomic E-state index is 0.000111. The summed E-state index contributed by atoms with van der Waals surface area (Å²) in [5.74, 6) is 1.84. The molecule has 2 aromatic rings. The van der Waals surface area contributed by atoms with Crippen molar-refractivity contribution >= 4 is 28.1 Å². The van der Waals surface area contributed by atoms with Crippen LogP contribution >= 0.6 is 11.3 Å². The minimum atomic E-state index is 0.000111. The van der Waals surface area contributed by atoms with Gasteiger partial charge in [0.2, 0.25) is 5.91 Å². The maximum absolute atomic E-state index is 12.2. The third-order valence-electron chi connectivity index (χ3n) is 5.82. The Balaban J connectivity index is 1.45. The van der Waals surface area contributed by atoms with Gasteiger partial charge < -0.3 is 0 Å². The number of fused-ring (bicyclic) bond motifs is 1. The summed E-state index contributed by atoms with van der Waals surface area (Å²) in [6.07, 6.45) is 7.00. The number of piperidine rings is 1. The van der Waals surface area contributed by atoms with E-state index in [1.54, 1.807) is 23.2 Å². The molecular weight excluding hydrogens is 342 g/mol. The second-order valence-corrected chi connectivity index (χ2v) is 8.48. The summed E-state index contributed by atoms with van der Waals surface area (Å²) in [6, 6.07) is 9.78. The van der Waals surface area contributed by atoms with Gasteiger partial charge >= 0.3 is 0 Å². The van der Waals surface area contributed by atoms with Crippen molar-refractivity contribution in [1.29, 1.82) is 0 Å². The first kappa shape index (κ1) is 17.7. The van der Waals surface area contributed by atoms with Crippen LogP contribution in [0.3, 0.4) is 0 Å². The van der Waals surface area contributed by atoms with E-state index in [2.05, 4.69) is 10.3 Å². The number of amides is 1. The summed E-state index contributed by atoms with van der Waals surface area (Å²) >= 11 is 1.56. The Hall–Kier alpha value is -1.72. The van der Waals surface area contributed by atoms with E-state index in [4.69, 9.17) is 4.98 Å². The number of hydrogen-bond donors (Lipinski definition) is 0. The third kappa shape index (κ3) is 3.84. The van der Waals surface area contributed by atoms with Crippen LogP contribution in [0.1, 0.15) is 44.7 Å². The Labute approximate surface area is 159 Å². The van der Waals surface area contributed by atoms with Gasteiger partial charge in [0.1, 0.15) is 0 Å². The van der Waals surface area contributed by atoms with E-state index in [1.807, 2.05) is 30.3 Å². The molecule has 0 bridgehead atoms. The van der Waals surface area contributed by atoms with E-state index in [9.17, 15) is 4.79 Å².